The summed E-state index contributed by atoms with van der Waals surface area (Å²) in [6.07, 6.45) is 5.93. The van der Waals surface area contributed by atoms with E-state index in [0.29, 0.717) is 12.3 Å². The maximum atomic E-state index is 12.0. The van der Waals surface area contributed by atoms with Crippen molar-refractivity contribution in [3.05, 3.63) is 29.8 Å². The number of hydrogen-bond donors (Lipinski definition) is 0. The Hall–Kier alpha value is -1.51. The fourth-order valence-corrected chi connectivity index (χ4v) is 2.74. The molecular formula is C18H27NO2. The quantitative estimate of drug-likeness (QED) is 0.797. The summed E-state index contributed by atoms with van der Waals surface area (Å²) in [5.74, 6) is 1.27. The molecule has 0 N–H and O–H groups in total. The molecule has 0 atom stereocenters. The van der Waals surface area contributed by atoms with Gasteiger partial charge in [-0.3, -0.25) is 4.79 Å². The van der Waals surface area contributed by atoms with Gasteiger partial charge in [-0.2, -0.15) is 0 Å². The summed E-state index contributed by atoms with van der Waals surface area (Å²) in [4.78, 5) is 14.0. The first kappa shape index (κ1) is 15.9. The molecule has 0 bridgehead atoms. The summed E-state index contributed by atoms with van der Waals surface area (Å²) in [6, 6.07) is 8.33. The molecule has 0 spiro atoms. The van der Waals surface area contributed by atoms with Crippen LogP contribution in [-0.4, -0.2) is 30.0 Å². The molecule has 1 aliphatic rings. The standard InChI is InChI=1S/C18H27NO2/c1-3-5-9-18(20)19-12-10-16(11-13-19)21-17-8-6-7-15(4-2)14-17/h6-8,14,16H,3-5,9-13H2,1-2H3. The molecule has 116 valence electrons. The van der Waals surface area contributed by atoms with Gasteiger partial charge in [-0.1, -0.05) is 32.4 Å². The van der Waals surface area contributed by atoms with Crippen molar-refractivity contribution in [2.45, 2.75) is 58.5 Å². The van der Waals surface area contributed by atoms with Gasteiger partial charge in [-0.25, -0.2) is 0 Å². The highest BCUT2D eigenvalue weighted by Crippen LogP contribution is 2.21. The molecule has 3 heteroatoms. The molecule has 1 aromatic carbocycles. The number of likely N-dealkylation sites (tertiary alicyclic amines) is 1. The minimum atomic E-state index is 0.243. The van der Waals surface area contributed by atoms with Crippen LogP contribution in [0, 0.1) is 0 Å². The summed E-state index contributed by atoms with van der Waals surface area (Å²) in [5.41, 5.74) is 1.31. The minimum absolute atomic E-state index is 0.243. The first-order valence-corrected chi connectivity index (χ1v) is 8.26. The molecular weight excluding hydrogens is 262 g/mol. The number of benzene rings is 1. The van der Waals surface area contributed by atoms with Gasteiger partial charge in [-0.15, -0.1) is 0 Å². The van der Waals surface area contributed by atoms with Crippen molar-refractivity contribution in [3.63, 3.8) is 0 Å². The van der Waals surface area contributed by atoms with Gasteiger partial charge in [0.2, 0.25) is 5.91 Å². The van der Waals surface area contributed by atoms with Gasteiger partial charge < -0.3 is 9.64 Å². The van der Waals surface area contributed by atoms with E-state index in [0.717, 1.165) is 50.9 Å². The van der Waals surface area contributed by atoms with Crippen molar-refractivity contribution in [1.29, 1.82) is 0 Å². The van der Waals surface area contributed by atoms with E-state index in [1.165, 1.54) is 5.56 Å². The Morgan fingerprint density at radius 2 is 2.05 bits per heavy atom. The number of nitrogens with zero attached hydrogens (tertiary/aromatic N) is 1. The third kappa shape index (κ3) is 4.76. The smallest absolute Gasteiger partial charge is 0.222 e. The van der Waals surface area contributed by atoms with Crippen LogP contribution < -0.4 is 4.74 Å². The van der Waals surface area contributed by atoms with Crippen molar-refractivity contribution in [2.24, 2.45) is 0 Å². The zero-order chi connectivity index (χ0) is 15.1. The molecule has 1 saturated heterocycles. The second-order valence-electron chi connectivity index (χ2n) is 5.80. The van der Waals surface area contributed by atoms with Gasteiger partial charge in [-0.05, 0) is 30.5 Å². The number of carbonyl (C=O) groups excluding carboxylic acids is 1. The molecule has 0 saturated carbocycles. The van der Waals surface area contributed by atoms with E-state index in [9.17, 15) is 4.79 Å². The van der Waals surface area contributed by atoms with E-state index < -0.39 is 0 Å². The van der Waals surface area contributed by atoms with Crippen molar-refractivity contribution in [2.75, 3.05) is 13.1 Å². The van der Waals surface area contributed by atoms with Gasteiger partial charge in [0.15, 0.2) is 0 Å². The van der Waals surface area contributed by atoms with Gasteiger partial charge in [0, 0.05) is 32.4 Å². The number of aryl methyl sites for hydroxylation is 1. The maximum absolute atomic E-state index is 12.0. The van der Waals surface area contributed by atoms with Crippen LogP contribution in [0.2, 0.25) is 0 Å². The summed E-state index contributed by atoms with van der Waals surface area (Å²) >= 11 is 0. The zero-order valence-electron chi connectivity index (χ0n) is 13.3. The molecule has 0 unspecified atom stereocenters. The minimum Gasteiger partial charge on any atom is -0.490 e. The Balaban J connectivity index is 1.79. The highest BCUT2D eigenvalue weighted by Gasteiger charge is 2.23. The molecule has 2 rings (SSSR count). The number of piperidine rings is 1. The van der Waals surface area contributed by atoms with Gasteiger partial charge in [0.25, 0.3) is 0 Å². The predicted molar refractivity (Wildman–Crippen MR) is 85.6 cm³/mol. The lowest BCUT2D eigenvalue weighted by atomic mass is 10.1. The van der Waals surface area contributed by atoms with E-state index in [-0.39, 0.29) is 6.10 Å². The third-order valence-corrected chi connectivity index (χ3v) is 4.15. The second-order valence-corrected chi connectivity index (χ2v) is 5.80. The van der Waals surface area contributed by atoms with Crippen LogP contribution in [0.5, 0.6) is 5.75 Å². The number of carbonyl (C=O) groups is 1. The Morgan fingerprint density at radius 3 is 2.71 bits per heavy atom. The Kier molecular flexibility index (Phi) is 6.09. The molecule has 1 aromatic rings. The summed E-state index contributed by atoms with van der Waals surface area (Å²) in [7, 11) is 0. The largest absolute Gasteiger partial charge is 0.490 e. The normalized spacial score (nSPS) is 16.0. The molecule has 21 heavy (non-hydrogen) atoms. The third-order valence-electron chi connectivity index (χ3n) is 4.15. The molecule has 1 amide bonds. The lowest BCUT2D eigenvalue weighted by Gasteiger charge is -2.32. The van der Waals surface area contributed by atoms with Crippen molar-refractivity contribution in [3.8, 4) is 5.75 Å². The summed E-state index contributed by atoms with van der Waals surface area (Å²) in [5, 5.41) is 0. The molecule has 1 fully saturated rings. The SMILES string of the molecule is CCCCC(=O)N1CCC(Oc2cccc(CC)c2)CC1. The highest BCUT2D eigenvalue weighted by molar-refractivity contribution is 5.76. The number of amides is 1. The van der Waals surface area contributed by atoms with Crippen molar-refractivity contribution in [1.82, 2.24) is 4.90 Å². The van der Waals surface area contributed by atoms with Crippen LogP contribution >= 0.6 is 0 Å². The predicted octanol–water partition coefficient (Wildman–Crippen LogP) is 3.81. The molecule has 0 aliphatic carbocycles. The Morgan fingerprint density at radius 1 is 1.29 bits per heavy atom. The highest BCUT2D eigenvalue weighted by atomic mass is 16.5. The van der Waals surface area contributed by atoms with Gasteiger partial charge >= 0.3 is 0 Å². The van der Waals surface area contributed by atoms with E-state index in [4.69, 9.17) is 4.74 Å². The summed E-state index contributed by atoms with van der Waals surface area (Å²) < 4.78 is 6.07. The zero-order valence-corrected chi connectivity index (χ0v) is 13.3. The van der Waals surface area contributed by atoms with Crippen LogP contribution in [-0.2, 0) is 11.2 Å². The fourth-order valence-electron chi connectivity index (χ4n) is 2.74. The number of rotatable bonds is 6. The van der Waals surface area contributed by atoms with Crippen molar-refractivity contribution < 1.29 is 9.53 Å². The molecule has 0 radical (unpaired) electrons. The van der Waals surface area contributed by atoms with E-state index in [2.05, 4.69) is 32.0 Å². The lowest BCUT2D eigenvalue weighted by Crippen LogP contribution is -2.41. The van der Waals surface area contributed by atoms with Crippen LogP contribution in [0.1, 0.15) is 51.5 Å². The van der Waals surface area contributed by atoms with Crippen molar-refractivity contribution >= 4 is 5.91 Å². The first-order valence-electron chi connectivity index (χ1n) is 8.26. The summed E-state index contributed by atoms with van der Waals surface area (Å²) in [6.45, 7) is 5.94. The fraction of sp³-hybridized carbons (Fsp3) is 0.611. The lowest BCUT2D eigenvalue weighted by molar-refractivity contribution is -0.133. The molecule has 3 nitrogen and oxygen atoms in total. The number of unbranched alkanes of at least 4 members (excludes halogenated alkanes) is 1. The topological polar surface area (TPSA) is 29.5 Å². The molecule has 0 aromatic heterocycles. The first-order chi connectivity index (χ1) is 10.2. The van der Waals surface area contributed by atoms with E-state index in [1.54, 1.807) is 0 Å². The second kappa shape index (κ2) is 8.06. The molecule has 1 aliphatic heterocycles. The Labute approximate surface area is 128 Å². The van der Waals surface area contributed by atoms with E-state index >= 15 is 0 Å². The average Bonchev–Trinajstić information content (AvgIpc) is 2.53. The van der Waals surface area contributed by atoms with Crippen LogP contribution in [0.3, 0.4) is 0 Å². The van der Waals surface area contributed by atoms with Gasteiger partial charge in [0.1, 0.15) is 11.9 Å². The number of hydrogen-bond acceptors (Lipinski definition) is 2. The van der Waals surface area contributed by atoms with Crippen LogP contribution in [0.25, 0.3) is 0 Å². The maximum Gasteiger partial charge on any atom is 0.222 e. The number of ether oxygens (including phenoxy) is 1. The Bertz CT molecular complexity index is 450. The van der Waals surface area contributed by atoms with E-state index in [1.807, 2.05) is 11.0 Å². The average molecular weight is 289 g/mol. The monoisotopic (exact) mass is 289 g/mol. The van der Waals surface area contributed by atoms with Gasteiger partial charge in [0.05, 0.1) is 0 Å². The van der Waals surface area contributed by atoms with Crippen LogP contribution in [0.15, 0.2) is 24.3 Å². The molecule has 1 heterocycles. The van der Waals surface area contributed by atoms with Crippen LogP contribution in [0.4, 0.5) is 0 Å².